The number of non-ortho nitro benzene ring substituents is 1. The molecular formula is C33H30N2O6. The van der Waals surface area contributed by atoms with Crippen LogP contribution in [0.5, 0.6) is 5.75 Å². The number of aromatic nitrogens is 1. The number of nitro benzene ring substituents is 1. The maximum Gasteiger partial charge on any atom is 0.337 e. The number of rotatable bonds is 11. The maximum absolute atomic E-state index is 11.8. The van der Waals surface area contributed by atoms with Crippen molar-refractivity contribution in [2.24, 2.45) is 0 Å². The molecule has 0 spiro atoms. The Morgan fingerprint density at radius 3 is 2.10 bits per heavy atom. The van der Waals surface area contributed by atoms with E-state index in [1.165, 1.54) is 13.2 Å². The standard InChI is InChI=1S/C33H30N2O6/c1-40-33(37)25-12-15-27(16-13-25)41-21-19-31-28(18-20-36)29-22-26(35(38)39)14-17-30(29)34(31)32(23-8-4-2-5-9-23)24-10-6-3-7-11-24/h2-17,22,32,36H,18-21H2,1H3. The molecule has 5 aromatic rings. The number of benzene rings is 4. The lowest BCUT2D eigenvalue weighted by Crippen LogP contribution is -2.17. The van der Waals surface area contributed by atoms with Crippen molar-refractivity contribution in [2.75, 3.05) is 20.3 Å². The summed E-state index contributed by atoms with van der Waals surface area (Å²) in [5, 5.41) is 22.5. The van der Waals surface area contributed by atoms with E-state index in [0.29, 0.717) is 30.8 Å². The first-order chi connectivity index (χ1) is 20.0. The molecule has 0 atom stereocenters. The number of carbonyl (C=O) groups is 1. The van der Waals surface area contributed by atoms with Gasteiger partial charge in [-0.2, -0.15) is 0 Å². The fourth-order valence-electron chi connectivity index (χ4n) is 5.32. The van der Waals surface area contributed by atoms with Crippen LogP contribution in [0.4, 0.5) is 5.69 Å². The van der Waals surface area contributed by atoms with Gasteiger partial charge in [0.15, 0.2) is 0 Å². The van der Waals surface area contributed by atoms with Crippen LogP contribution in [-0.2, 0) is 17.6 Å². The van der Waals surface area contributed by atoms with E-state index in [4.69, 9.17) is 9.47 Å². The van der Waals surface area contributed by atoms with Crippen molar-refractivity contribution >= 4 is 22.6 Å². The minimum Gasteiger partial charge on any atom is -0.493 e. The molecule has 4 aromatic carbocycles. The quantitative estimate of drug-likeness (QED) is 0.121. The van der Waals surface area contributed by atoms with Gasteiger partial charge < -0.3 is 19.1 Å². The van der Waals surface area contributed by atoms with Gasteiger partial charge in [0.05, 0.1) is 30.2 Å². The molecule has 0 radical (unpaired) electrons. The average Bonchev–Trinajstić information content (AvgIpc) is 3.30. The summed E-state index contributed by atoms with van der Waals surface area (Å²) in [6.07, 6.45) is 0.816. The van der Waals surface area contributed by atoms with Gasteiger partial charge in [-0.15, -0.1) is 0 Å². The molecule has 0 amide bonds. The van der Waals surface area contributed by atoms with E-state index in [1.54, 1.807) is 36.4 Å². The average molecular weight is 551 g/mol. The lowest BCUT2D eigenvalue weighted by atomic mass is 9.97. The highest BCUT2D eigenvalue weighted by atomic mass is 16.6. The van der Waals surface area contributed by atoms with Gasteiger partial charge in [0.25, 0.3) is 5.69 Å². The van der Waals surface area contributed by atoms with Crippen molar-refractivity contribution in [3.8, 4) is 5.75 Å². The monoisotopic (exact) mass is 550 g/mol. The molecule has 0 saturated carbocycles. The Bertz CT molecular complexity index is 1610. The summed E-state index contributed by atoms with van der Waals surface area (Å²) in [4.78, 5) is 23.1. The van der Waals surface area contributed by atoms with Crippen molar-refractivity contribution in [2.45, 2.75) is 18.9 Å². The van der Waals surface area contributed by atoms with Crippen LogP contribution in [0.1, 0.15) is 38.8 Å². The SMILES string of the molecule is COC(=O)c1ccc(OCCc2c(CCO)c3cc([N+](=O)[O-])ccc3n2C(c2ccccc2)c2ccccc2)cc1. The van der Waals surface area contributed by atoms with Gasteiger partial charge >= 0.3 is 5.97 Å². The van der Waals surface area contributed by atoms with Gasteiger partial charge in [-0.05, 0) is 53.4 Å². The van der Waals surface area contributed by atoms with Crippen LogP contribution < -0.4 is 4.74 Å². The Balaban J connectivity index is 1.63. The van der Waals surface area contributed by atoms with Gasteiger partial charge in [0, 0.05) is 41.8 Å². The number of hydrogen-bond donors (Lipinski definition) is 1. The summed E-state index contributed by atoms with van der Waals surface area (Å²) < 4.78 is 13.1. The number of hydrogen-bond acceptors (Lipinski definition) is 6. The summed E-state index contributed by atoms with van der Waals surface area (Å²) in [5.74, 6) is 0.180. The predicted molar refractivity (Wildman–Crippen MR) is 156 cm³/mol. The minimum atomic E-state index is -0.420. The number of nitro groups is 1. The van der Waals surface area contributed by atoms with Crippen molar-refractivity contribution in [3.05, 3.63) is 141 Å². The molecule has 1 N–H and O–H groups in total. The van der Waals surface area contributed by atoms with E-state index in [-0.39, 0.29) is 18.3 Å². The number of esters is 1. The second-order valence-corrected chi connectivity index (χ2v) is 9.57. The second-order valence-electron chi connectivity index (χ2n) is 9.57. The highest BCUT2D eigenvalue weighted by molar-refractivity contribution is 5.89. The molecule has 0 aliphatic heterocycles. The summed E-state index contributed by atoms with van der Waals surface area (Å²) in [6.45, 7) is 0.205. The Morgan fingerprint density at radius 2 is 1.54 bits per heavy atom. The van der Waals surface area contributed by atoms with E-state index in [1.807, 2.05) is 36.4 Å². The number of fused-ring (bicyclic) bond motifs is 1. The lowest BCUT2D eigenvalue weighted by molar-refractivity contribution is -0.384. The topological polar surface area (TPSA) is 104 Å². The number of carbonyl (C=O) groups excluding carboxylic acids is 1. The first-order valence-electron chi connectivity index (χ1n) is 13.3. The lowest BCUT2D eigenvalue weighted by Gasteiger charge is -2.25. The Hall–Kier alpha value is -4.95. The van der Waals surface area contributed by atoms with Gasteiger partial charge in [0.2, 0.25) is 0 Å². The predicted octanol–water partition coefficient (Wildman–Crippen LogP) is 6.13. The first kappa shape index (κ1) is 27.6. The van der Waals surface area contributed by atoms with Crippen molar-refractivity contribution in [1.82, 2.24) is 4.57 Å². The highest BCUT2D eigenvalue weighted by Crippen LogP contribution is 2.38. The largest absolute Gasteiger partial charge is 0.493 e. The third-order valence-corrected chi connectivity index (χ3v) is 7.15. The van der Waals surface area contributed by atoms with Gasteiger partial charge in [-0.3, -0.25) is 10.1 Å². The molecule has 5 rings (SSSR count). The number of methoxy groups -OCH3 is 1. The number of aliphatic hydroxyl groups excluding tert-OH is 1. The minimum absolute atomic E-state index is 0.00157. The van der Waals surface area contributed by atoms with Crippen LogP contribution in [0.25, 0.3) is 10.9 Å². The number of aliphatic hydroxyl groups is 1. The van der Waals surface area contributed by atoms with Crippen LogP contribution in [0, 0.1) is 10.1 Å². The summed E-state index contributed by atoms with van der Waals surface area (Å²) in [7, 11) is 1.34. The fraction of sp³-hybridized carbons (Fsp3) is 0.182. The summed E-state index contributed by atoms with van der Waals surface area (Å²) >= 11 is 0. The van der Waals surface area contributed by atoms with Crippen molar-refractivity contribution in [3.63, 3.8) is 0 Å². The number of nitrogens with zero attached hydrogens (tertiary/aromatic N) is 2. The normalized spacial score (nSPS) is 11.1. The van der Waals surface area contributed by atoms with Crippen LogP contribution >= 0.6 is 0 Å². The zero-order chi connectivity index (χ0) is 28.8. The molecule has 1 heterocycles. The molecule has 1 aromatic heterocycles. The molecule has 0 aliphatic carbocycles. The van der Waals surface area contributed by atoms with Crippen molar-refractivity contribution in [1.29, 1.82) is 0 Å². The molecule has 0 saturated heterocycles. The highest BCUT2D eigenvalue weighted by Gasteiger charge is 2.26. The third kappa shape index (κ3) is 5.83. The molecule has 8 heteroatoms. The molecule has 0 bridgehead atoms. The second kappa shape index (κ2) is 12.5. The Kier molecular flexibility index (Phi) is 8.41. The van der Waals surface area contributed by atoms with E-state index in [9.17, 15) is 20.0 Å². The smallest absolute Gasteiger partial charge is 0.337 e. The molecule has 0 fully saturated rings. The molecule has 8 nitrogen and oxygen atoms in total. The van der Waals surface area contributed by atoms with Gasteiger partial charge in [-0.25, -0.2) is 4.79 Å². The third-order valence-electron chi connectivity index (χ3n) is 7.15. The van der Waals surface area contributed by atoms with Crippen LogP contribution in [-0.4, -0.2) is 40.9 Å². The Morgan fingerprint density at radius 1 is 0.902 bits per heavy atom. The van der Waals surface area contributed by atoms with E-state index >= 15 is 0 Å². The first-order valence-corrected chi connectivity index (χ1v) is 13.3. The molecule has 41 heavy (non-hydrogen) atoms. The molecule has 208 valence electrons. The van der Waals surface area contributed by atoms with Gasteiger partial charge in [0.1, 0.15) is 5.75 Å². The zero-order valence-corrected chi connectivity index (χ0v) is 22.6. The van der Waals surface area contributed by atoms with Crippen LogP contribution in [0.15, 0.2) is 103 Å². The number of ether oxygens (including phenoxy) is 2. The van der Waals surface area contributed by atoms with E-state index < -0.39 is 10.9 Å². The molecule has 0 aliphatic rings. The zero-order valence-electron chi connectivity index (χ0n) is 22.6. The summed E-state index contributed by atoms with van der Waals surface area (Å²) in [6, 6.07) is 31.7. The fourth-order valence-corrected chi connectivity index (χ4v) is 5.32. The summed E-state index contributed by atoms with van der Waals surface area (Å²) in [5.41, 5.74) is 5.18. The molecule has 0 unspecified atom stereocenters. The van der Waals surface area contributed by atoms with Crippen LogP contribution in [0.2, 0.25) is 0 Å². The molecular weight excluding hydrogens is 520 g/mol. The van der Waals surface area contributed by atoms with Crippen LogP contribution in [0.3, 0.4) is 0 Å². The van der Waals surface area contributed by atoms with Crippen molar-refractivity contribution < 1.29 is 24.3 Å². The van der Waals surface area contributed by atoms with E-state index in [0.717, 1.165) is 33.3 Å². The van der Waals surface area contributed by atoms with Gasteiger partial charge in [-0.1, -0.05) is 60.7 Å². The maximum atomic E-state index is 11.8. The Labute approximate surface area is 237 Å². The van der Waals surface area contributed by atoms with E-state index in [2.05, 4.69) is 28.8 Å².